The first-order valence-electron chi connectivity index (χ1n) is 6.60. The summed E-state index contributed by atoms with van der Waals surface area (Å²) in [6, 6.07) is 4.18. The average molecular weight is 255 g/mol. The summed E-state index contributed by atoms with van der Waals surface area (Å²) >= 11 is 0. The fraction of sp³-hybridized carbons (Fsp3) is 0.353. The molecule has 0 fully saturated rings. The van der Waals surface area contributed by atoms with Gasteiger partial charge in [0.15, 0.2) is 6.29 Å². The Labute approximate surface area is 115 Å². The van der Waals surface area contributed by atoms with Crippen molar-refractivity contribution in [1.29, 1.82) is 0 Å². The van der Waals surface area contributed by atoms with E-state index in [2.05, 4.69) is 32.1 Å². The number of allylic oxidation sites excluding steroid dienone is 4. The molecule has 0 spiro atoms. The third-order valence-electron chi connectivity index (χ3n) is 4.07. The predicted octanol–water partition coefficient (Wildman–Crippen LogP) is 4.00. The number of anilines is 1. The molecule has 1 aromatic carbocycles. The van der Waals surface area contributed by atoms with Gasteiger partial charge in [0.05, 0.1) is 0 Å². The first-order valence-corrected chi connectivity index (χ1v) is 6.60. The molecule has 2 nitrogen and oxygen atoms in total. The van der Waals surface area contributed by atoms with Crippen LogP contribution in [0.3, 0.4) is 0 Å². The van der Waals surface area contributed by atoms with Gasteiger partial charge in [-0.1, -0.05) is 17.7 Å². The maximum Gasteiger partial charge on any atom is 0.151 e. The number of nitrogens with zero attached hydrogens (tertiary/aromatic N) is 1. The van der Waals surface area contributed by atoms with Gasteiger partial charge in [-0.05, 0) is 55.5 Å². The lowest BCUT2D eigenvalue weighted by molar-refractivity contribution is 0.112. The quantitative estimate of drug-likeness (QED) is 0.761. The molecule has 0 bridgehead atoms. The average Bonchev–Trinajstić information content (AvgIpc) is 2.69. The van der Waals surface area contributed by atoms with Crippen molar-refractivity contribution in [3.63, 3.8) is 0 Å². The first kappa shape index (κ1) is 13.6. The minimum atomic E-state index is 0.823. The normalized spacial score (nSPS) is 14.7. The van der Waals surface area contributed by atoms with Gasteiger partial charge >= 0.3 is 0 Å². The van der Waals surface area contributed by atoms with Crippen molar-refractivity contribution in [3.05, 3.63) is 46.0 Å². The molecule has 1 aliphatic rings. The van der Waals surface area contributed by atoms with E-state index in [9.17, 15) is 4.79 Å². The molecule has 0 saturated carbocycles. The Bertz CT molecular complexity index is 592. The number of hydrogen-bond acceptors (Lipinski definition) is 2. The summed E-state index contributed by atoms with van der Waals surface area (Å²) in [7, 11) is 4.00. The van der Waals surface area contributed by atoms with Crippen molar-refractivity contribution in [1.82, 2.24) is 0 Å². The highest BCUT2D eigenvalue weighted by Crippen LogP contribution is 2.36. The van der Waals surface area contributed by atoms with Gasteiger partial charge in [-0.25, -0.2) is 0 Å². The molecule has 0 saturated heterocycles. The summed E-state index contributed by atoms with van der Waals surface area (Å²) in [5, 5.41) is 0. The second-order valence-electron chi connectivity index (χ2n) is 5.38. The van der Waals surface area contributed by atoms with Gasteiger partial charge in [0.2, 0.25) is 0 Å². The van der Waals surface area contributed by atoms with Gasteiger partial charge < -0.3 is 4.90 Å². The molecule has 0 aliphatic heterocycles. The van der Waals surface area contributed by atoms with Crippen LogP contribution < -0.4 is 4.90 Å². The molecular formula is C17H21NO. The topological polar surface area (TPSA) is 20.3 Å². The Hall–Kier alpha value is -1.83. The van der Waals surface area contributed by atoms with E-state index < -0.39 is 0 Å². The Kier molecular flexibility index (Phi) is 3.61. The van der Waals surface area contributed by atoms with Crippen LogP contribution >= 0.6 is 0 Å². The molecule has 2 heteroatoms. The van der Waals surface area contributed by atoms with Gasteiger partial charge in [0.25, 0.3) is 0 Å². The highest BCUT2D eigenvalue weighted by Gasteiger charge is 2.18. The molecule has 0 N–H and O–H groups in total. The van der Waals surface area contributed by atoms with Gasteiger partial charge in [0, 0.05) is 25.3 Å². The lowest BCUT2D eigenvalue weighted by atomic mass is 9.92. The highest BCUT2D eigenvalue weighted by atomic mass is 16.1. The molecule has 0 heterocycles. The van der Waals surface area contributed by atoms with Crippen LogP contribution in [0.4, 0.5) is 5.69 Å². The predicted molar refractivity (Wildman–Crippen MR) is 81.9 cm³/mol. The first-order chi connectivity index (χ1) is 8.97. The van der Waals surface area contributed by atoms with Crippen LogP contribution in [0.5, 0.6) is 0 Å². The number of carbonyl (C=O) groups is 1. The van der Waals surface area contributed by atoms with Crippen molar-refractivity contribution >= 4 is 17.5 Å². The van der Waals surface area contributed by atoms with Crippen LogP contribution in [0.15, 0.2) is 29.4 Å². The summed E-state index contributed by atoms with van der Waals surface area (Å²) in [5.41, 5.74) is 7.98. The lowest BCUT2D eigenvalue weighted by Gasteiger charge is -2.19. The summed E-state index contributed by atoms with van der Waals surface area (Å²) in [4.78, 5) is 13.6. The number of aldehydes is 1. The standard InChI is InChI=1S/C17H21NO/c1-11-6-7-14(12(11)2)15-8-9-17(18(4)5)13(3)16(15)10-19/h6,8-10H,7H2,1-5H3. The molecule has 1 aliphatic carbocycles. The number of hydrogen-bond donors (Lipinski definition) is 0. The maximum absolute atomic E-state index is 11.5. The highest BCUT2D eigenvalue weighted by molar-refractivity contribution is 5.92. The Morgan fingerprint density at radius 1 is 1.16 bits per heavy atom. The molecule has 2 rings (SSSR count). The summed E-state index contributed by atoms with van der Waals surface area (Å²) in [6.45, 7) is 6.29. The van der Waals surface area contributed by atoms with Gasteiger partial charge in [-0.2, -0.15) is 0 Å². The minimum Gasteiger partial charge on any atom is -0.377 e. The summed E-state index contributed by atoms with van der Waals surface area (Å²) < 4.78 is 0. The monoisotopic (exact) mass is 255 g/mol. The van der Waals surface area contributed by atoms with Crippen LogP contribution in [0, 0.1) is 6.92 Å². The van der Waals surface area contributed by atoms with Crippen LogP contribution in [0.2, 0.25) is 0 Å². The largest absolute Gasteiger partial charge is 0.377 e. The fourth-order valence-electron chi connectivity index (χ4n) is 2.73. The zero-order valence-electron chi connectivity index (χ0n) is 12.4. The van der Waals surface area contributed by atoms with Crippen LogP contribution in [0.1, 0.15) is 41.8 Å². The fourth-order valence-corrected chi connectivity index (χ4v) is 2.73. The zero-order valence-corrected chi connectivity index (χ0v) is 12.4. The van der Waals surface area contributed by atoms with E-state index in [0.29, 0.717) is 0 Å². The van der Waals surface area contributed by atoms with E-state index in [1.165, 1.54) is 16.7 Å². The number of benzene rings is 1. The van der Waals surface area contributed by atoms with Gasteiger partial charge in [0.1, 0.15) is 0 Å². The van der Waals surface area contributed by atoms with Crippen molar-refractivity contribution in [2.75, 3.05) is 19.0 Å². The van der Waals surface area contributed by atoms with Crippen molar-refractivity contribution < 1.29 is 4.79 Å². The molecule has 1 aromatic rings. The molecule has 19 heavy (non-hydrogen) atoms. The summed E-state index contributed by atoms with van der Waals surface area (Å²) in [6.07, 6.45) is 4.15. The third-order valence-corrected chi connectivity index (χ3v) is 4.07. The SMILES string of the molecule is CC1=CCC(c2ccc(N(C)C)c(C)c2C=O)=C1C. The Morgan fingerprint density at radius 2 is 1.84 bits per heavy atom. The second-order valence-corrected chi connectivity index (χ2v) is 5.38. The van der Waals surface area contributed by atoms with E-state index in [1.54, 1.807) is 0 Å². The number of rotatable bonds is 3. The Balaban J connectivity index is 2.61. The van der Waals surface area contributed by atoms with Crippen molar-refractivity contribution in [2.45, 2.75) is 27.2 Å². The van der Waals surface area contributed by atoms with E-state index in [4.69, 9.17) is 0 Å². The molecule has 0 unspecified atom stereocenters. The summed E-state index contributed by atoms with van der Waals surface area (Å²) in [5.74, 6) is 0. The van der Waals surface area contributed by atoms with E-state index in [0.717, 1.165) is 35.1 Å². The van der Waals surface area contributed by atoms with Crippen molar-refractivity contribution in [2.24, 2.45) is 0 Å². The van der Waals surface area contributed by atoms with Gasteiger partial charge in [-0.3, -0.25) is 4.79 Å². The number of carbonyl (C=O) groups excluding carboxylic acids is 1. The van der Waals surface area contributed by atoms with Crippen molar-refractivity contribution in [3.8, 4) is 0 Å². The van der Waals surface area contributed by atoms with Crippen LogP contribution in [-0.4, -0.2) is 20.4 Å². The Morgan fingerprint density at radius 3 is 2.32 bits per heavy atom. The van der Waals surface area contributed by atoms with E-state index in [-0.39, 0.29) is 0 Å². The second kappa shape index (κ2) is 5.04. The van der Waals surface area contributed by atoms with E-state index >= 15 is 0 Å². The molecule has 100 valence electrons. The molecule has 0 aromatic heterocycles. The van der Waals surface area contributed by atoms with Gasteiger partial charge in [-0.15, -0.1) is 0 Å². The van der Waals surface area contributed by atoms with Crippen LogP contribution in [-0.2, 0) is 0 Å². The third kappa shape index (κ3) is 2.23. The smallest absolute Gasteiger partial charge is 0.151 e. The maximum atomic E-state index is 11.5. The van der Waals surface area contributed by atoms with Crippen LogP contribution in [0.25, 0.3) is 5.57 Å². The van der Waals surface area contributed by atoms with E-state index in [1.807, 2.05) is 25.9 Å². The molecule has 0 radical (unpaired) electrons. The minimum absolute atomic E-state index is 0.823. The lowest BCUT2D eigenvalue weighted by Crippen LogP contribution is -2.12. The zero-order chi connectivity index (χ0) is 14.2. The molecule has 0 atom stereocenters. The molecule has 0 amide bonds. The molecular weight excluding hydrogens is 234 g/mol.